The largest absolute Gasteiger partial charge is 0.289 e. The zero-order chi connectivity index (χ0) is 17.9. The number of carbonyl (C=O) groups is 1. The molecule has 1 unspecified atom stereocenters. The van der Waals surface area contributed by atoms with Crippen molar-refractivity contribution in [2.24, 2.45) is 0 Å². The summed E-state index contributed by atoms with van der Waals surface area (Å²) in [5.74, 6) is -0.812. The second-order valence-electron chi connectivity index (χ2n) is 5.45. The van der Waals surface area contributed by atoms with E-state index in [1.807, 2.05) is 6.07 Å². The van der Waals surface area contributed by atoms with Crippen molar-refractivity contribution in [1.82, 2.24) is 19.8 Å². The summed E-state index contributed by atoms with van der Waals surface area (Å²) in [5.41, 5.74) is 3.26. The van der Waals surface area contributed by atoms with Gasteiger partial charge in [0.2, 0.25) is 10.0 Å². The molecule has 2 heterocycles. The Hall–Kier alpha value is -2.62. The quantitative estimate of drug-likeness (QED) is 0.613. The van der Waals surface area contributed by atoms with Gasteiger partial charge in [-0.05, 0) is 11.6 Å². The molecule has 2 N–H and O–H groups in total. The molecule has 9 heteroatoms. The Bertz CT molecular complexity index is 899. The van der Waals surface area contributed by atoms with Gasteiger partial charge in [0.25, 0.3) is 5.91 Å². The molecule has 1 aromatic carbocycles. The Morgan fingerprint density at radius 1 is 1.20 bits per heavy atom. The summed E-state index contributed by atoms with van der Waals surface area (Å²) >= 11 is 0. The molecule has 0 bridgehead atoms. The van der Waals surface area contributed by atoms with Crippen LogP contribution in [0.4, 0.5) is 0 Å². The maximum Gasteiger partial charge on any atom is 0.262 e. The Kier molecular flexibility index (Phi) is 4.88. The lowest BCUT2D eigenvalue weighted by molar-refractivity contribution is -0.133. The van der Waals surface area contributed by atoms with Crippen LogP contribution in [0.5, 0.6) is 0 Å². The predicted octanol–water partition coefficient (Wildman–Crippen LogP) is 0.709. The molecule has 1 atom stereocenters. The van der Waals surface area contributed by atoms with E-state index in [9.17, 15) is 13.2 Å². The highest BCUT2D eigenvalue weighted by Gasteiger charge is 2.38. The number of rotatable bonds is 4. The topological polar surface area (TPSA) is 112 Å². The van der Waals surface area contributed by atoms with Gasteiger partial charge in [-0.15, -0.1) is 0 Å². The monoisotopic (exact) mass is 360 g/mol. The summed E-state index contributed by atoms with van der Waals surface area (Å²) in [5, 5.41) is 9.99. The Morgan fingerprint density at radius 2 is 1.88 bits per heavy atom. The van der Waals surface area contributed by atoms with Crippen LogP contribution in [0.15, 0.2) is 48.1 Å². The average molecular weight is 360 g/mol. The summed E-state index contributed by atoms with van der Waals surface area (Å²) in [7, 11) is -3.92. The summed E-state index contributed by atoms with van der Waals surface area (Å²) in [6, 6.07) is 7.84. The third-order valence-corrected chi connectivity index (χ3v) is 5.39. The Morgan fingerprint density at radius 3 is 2.56 bits per heavy atom. The fraction of sp³-hybridized carbons (Fsp3) is 0.188. The van der Waals surface area contributed by atoms with E-state index >= 15 is 0 Å². The van der Waals surface area contributed by atoms with Crippen LogP contribution in [0.3, 0.4) is 0 Å². The minimum Gasteiger partial charge on any atom is -0.289 e. The SMILES string of the molecule is O=C(NO)C1Cc2nccnc2CN1S(=O)(=O)/C=C/c1ccccc1. The van der Waals surface area contributed by atoms with Gasteiger partial charge in [0.15, 0.2) is 0 Å². The van der Waals surface area contributed by atoms with Crippen LogP contribution in [-0.4, -0.2) is 39.8 Å². The van der Waals surface area contributed by atoms with Crippen molar-refractivity contribution >= 4 is 22.0 Å². The highest BCUT2D eigenvalue weighted by Crippen LogP contribution is 2.24. The number of hydrogen-bond acceptors (Lipinski definition) is 6. The molecule has 2 aromatic rings. The maximum absolute atomic E-state index is 12.7. The zero-order valence-corrected chi connectivity index (χ0v) is 13.9. The first kappa shape index (κ1) is 17.2. The van der Waals surface area contributed by atoms with Crippen molar-refractivity contribution < 1.29 is 18.4 Å². The van der Waals surface area contributed by atoms with Crippen LogP contribution >= 0.6 is 0 Å². The third-order valence-electron chi connectivity index (χ3n) is 3.87. The van der Waals surface area contributed by atoms with Crippen LogP contribution in [0.25, 0.3) is 6.08 Å². The van der Waals surface area contributed by atoms with Crippen LogP contribution in [0, 0.1) is 0 Å². The highest BCUT2D eigenvalue weighted by molar-refractivity contribution is 7.92. The number of nitrogens with one attached hydrogen (secondary N) is 1. The molecule has 0 fully saturated rings. The second-order valence-corrected chi connectivity index (χ2v) is 7.22. The second kappa shape index (κ2) is 7.09. The van der Waals surface area contributed by atoms with Crippen LogP contribution in [-0.2, 0) is 27.8 Å². The van der Waals surface area contributed by atoms with E-state index in [0.29, 0.717) is 17.0 Å². The predicted molar refractivity (Wildman–Crippen MR) is 89.4 cm³/mol. The molecule has 1 aliphatic rings. The molecule has 0 radical (unpaired) electrons. The number of sulfonamides is 1. The van der Waals surface area contributed by atoms with E-state index in [-0.39, 0.29) is 13.0 Å². The first-order chi connectivity index (χ1) is 12.0. The lowest BCUT2D eigenvalue weighted by atomic mass is 10.0. The van der Waals surface area contributed by atoms with Crippen LogP contribution in [0.1, 0.15) is 17.0 Å². The van der Waals surface area contributed by atoms with Gasteiger partial charge in [0, 0.05) is 24.2 Å². The molecule has 0 saturated heterocycles. The van der Waals surface area contributed by atoms with E-state index in [1.54, 1.807) is 24.3 Å². The standard InChI is InChI=1S/C16H16N4O4S/c21-16(19-22)15-10-13-14(18-8-7-17-13)11-20(15)25(23,24)9-6-12-4-2-1-3-5-12/h1-9,15,22H,10-11H2,(H,19,21)/b9-6+. The maximum atomic E-state index is 12.7. The first-order valence-electron chi connectivity index (χ1n) is 7.49. The number of aromatic nitrogens is 2. The number of fused-ring (bicyclic) bond motifs is 1. The van der Waals surface area contributed by atoms with E-state index < -0.39 is 22.0 Å². The lowest BCUT2D eigenvalue weighted by Gasteiger charge is -2.32. The number of benzene rings is 1. The van der Waals surface area contributed by atoms with Crippen molar-refractivity contribution in [2.75, 3.05) is 0 Å². The fourth-order valence-electron chi connectivity index (χ4n) is 2.61. The highest BCUT2D eigenvalue weighted by atomic mass is 32.2. The van der Waals surface area contributed by atoms with E-state index in [1.165, 1.54) is 23.9 Å². The Balaban J connectivity index is 1.94. The number of nitrogens with zero attached hydrogens (tertiary/aromatic N) is 3. The summed E-state index contributed by atoms with van der Waals surface area (Å²) in [6.07, 6.45) is 4.44. The van der Waals surface area contributed by atoms with Gasteiger partial charge in [-0.1, -0.05) is 30.3 Å². The molecule has 0 saturated carbocycles. The number of amides is 1. The van der Waals surface area contributed by atoms with Gasteiger partial charge in [0.1, 0.15) is 6.04 Å². The molecule has 1 aliphatic heterocycles. The number of hydrogen-bond donors (Lipinski definition) is 2. The molecule has 130 valence electrons. The van der Waals surface area contributed by atoms with Gasteiger partial charge in [-0.25, -0.2) is 13.9 Å². The summed E-state index contributed by atoms with van der Waals surface area (Å²) < 4.78 is 26.5. The molecule has 8 nitrogen and oxygen atoms in total. The van der Waals surface area contributed by atoms with Crippen molar-refractivity contribution in [3.05, 3.63) is 65.1 Å². The first-order valence-corrected chi connectivity index (χ1v) is 8.99. The Labute approximate surface area is 144 Å². The molecular weight excluding hydrogens is 344 g/mol. The smallest absolute Gasteiger partial charge is 0.262 e. The number of hydroxylamine groups is 1. The molecular formula is C16H16N4O4S. The van der Waals surface area contributed by atoms with Gasteiger partial charge >= 0.3 is 0 Å². The van der Waals surface area contributed by atoms with E-state index in [2.05, 4.69) is 9.97 Å². The molecule has 1 amide bonds. The van der Waals surface area contributed by atoms with Crippen molar-refractivity contribution in [2.45, 2.75) is 19.0 Å². The fourth-order valence-corrected chi connectivity index (χ4v) is 3.93. The van der Waals surface area contributed by atoms with Gasteiger partial charge in [-0.2, -0.15) is 4.31 Å². The minimum absolute atomic E-state index is 0.0357. The molecule has 25 heavy (non-hydrogen) atoms. The minimum atomic E-state index is -3.92. The van der Waals surface area contributed by atoms with Gasteiger partial charge in [-0.3, -0.25) is 20.0 Å². The van der Waals surface area contributed by atoms with Crippen LogP contribution in [0.2, 0.25) is 0 Å². The van der Waals surface area contributed by atoms with E-state index in [4.69, 9.17) is 5.21 Å². The van der Waals surface area contributed by atoms with Gasteiger partial charge in [0.05, 0.1) is 17.9 Å². The lowest BCUT2D eigenvalue weighted by Crippen LogP contribution is -2.51. The normalized spacial score (nSPS) is 18.0. The van der Waals surface area contributed by atoms with E-state index in [0.717, 1.165) is 9.71 Å². The molecule has 0 spiro atoms. The molecule has 1 aromatic heterocycles. The van der Waals surface area contributed by atoms with Crippen molar-refractivity contribution in [3.8, 4) is 0 Å². The molecule has 0 aliphatic carbocycles. The van der Waals surface area contributed by atoms with Gasteiger partial charge < -0.3 is 0 Å². The van der Waals surface area contributed by atoms with Crippen molar-refractivity contribution in [3.63, 3.8) is 0 Å². The van der Waals surface area contributed by atoms with Crippen LogP contribution < -0.4 is 5.48 Å². The third kappa shape index (κ3) is 3.73. The zero-order valence-electron chi connectivity index (χ0n) is 13.1. The number of carbonyl (C=O) groups excluding carboxylic acids is 1. The summed E-state index contributed by atoms with van der Waals surface area (Å²) in [4.78, 5) is 20.2. The van der Waals surface area contributed by atoms with Crippen molar-refractivity contribution in [1.29, 1.82) is 0 Å². The molecule has 3 rings (SSSR count). The average Bonchev–Trinajstić information content (AvgIpc) is 2.65. The summed E-state index contributed by atoms with van der Waals surface area (Å²) in [6.45, 7) is -0.0945.